The molecule has 1 aromatic rings. The van der Waals surface area contributed by atoms with Gasteiger partial charge in [0.2, 0.25) is 5.91 Å². The molecule has 5 nitrogen and oxygen atoms in total. The molecule has 1 atom stereocenters. The van der Waals surface area contributed by atoms with Gasteiger partial charge in [-0.3, -0.25) is 4.79 Å². The quantitative estimate of drug-likeness (QED) is 0.765. The van der Waals surface area contributed by atoms with E-state index in [2.05, 4.69) is 0 Å². The molecule has 1 fully saturated rings. The van der Waals surface area contributed by atoms with Gasteiger partial charge >= 0.3 is 6.18 Å². The molecule has 0 saturated carbocycles. The lowest BCUT2D eigenvalue weighted by molar-refractivity contribution is -0.138. The summed E-state index contributed by atoms with van der Waals surface area (Å²) in [6, 6.07) is 3.58. The van der Waals surface area contributed by atoms with Crippen molar-refractivity contribution in [2.75, 3.05) is 19.7 Å². The molecule has 8 heteroatoms. The third-order valence-electron chi connectivity index (χ3n) is 4.14. The highest BCUT2D eigenvalue weighted by Crippen LogP contribution is 2.36. The first-order valence-corrected chi connectivity index (χ1v) is 7.23. The first kappa shape index (κ1) is 17.7. The summed E-state index contributed by atoms with van der Waals surface area (Å²) in [5.41, 5.74) is 3.42. The Labute approximate surface area is 131 Å². The van der Waals surface area contributed by atoms with E-state index in [0.29, 0.717) is 0 Å². The fourth-order valence-corrected chi connectivity index (χ4v) is 2.68. The molecule has 1 amide bonds. The van der Waals surface area contributed by atoms with Crippen LogP contribution in [-0.2, 0) is 16.6 Å². The summed E-state index contributed by atoms with van der Waals surface area (Å²) in [5, 5.41) is 19.5. The summed E-state index contributed by atoms with van der Waals surface area (Å²) >= 11 is 0. The van der Waals surface area contributed by atoms with Crippen LogP contribution >= 0.6 is 0 Å². The number of rotatable bonds is 3. The maximum atomic E-state index is 12.8. The summed E-state index contributed by atoms with van der Waals surface area (Å²) in [7, 11) is 0. The van der Waals surface area contributed by atoms with Crippen LogP contribution in [0.1, 0.15) is 24.0 Å². The number of benzene rings is 1. The minimum Gasteiger partial charge on any atom is -0.394 e. The Morgan fingerprint density at radius 1 is 1.35 bits per heavy atom. The zero-order chi connectivity index (χ0) is 17.3. The van der Waals surface area contributed by atoms with Crippen molar-refractivity contribution in [3.8, 4) is 0 Å². The van der Waals surface area contributed by atoms with Crippen LogP contribution in [0.2, 0.25) is 0 Å². The number of aliphatic hydroxyl groups excluding tert-OH is 1. The number of nitrogens with two attached hydrogens (primary N) is 1. The number of likely N-dealkylation sites (tertiary alicyclic amines) is 1. The van der Waals surface area contributed by atoms with E-state index in [9.17, 15) is 23.1 Å². The summed E-state index contributed by atoms with van der Waals surface area (Å²) < 4.78 is 38.4. The smallest absolute Gasteiger partial charge is 0.394 e. The van der Waals surface area contributed by atoms with E-state index in [-0.39, 0.29) is 31.5 Å². The monoisotopic (exact) mass is 332 g/mol. The van der Waals surface area contributed by atoms with E-state index in [1.165, 1.54) is 17.0 Å². The van der Waals surface area contributed by atoms with Crippen molar-refractivity contribution in [1.29, 1.82) is 0 Å². The van der Waals surface area contributed by atoms with Gasteiger partial charge < -0.3 is 20.8 Å². The first-order valence-electron chi connectivity index (χ1n) is 7.23. The van der Waals surface area contributed by atoms with Gasteiger partial charge in [-0.25, -0.2) is 0 Å². The molecule has 0 radical (unpaired) electrons. The Kier molecular flexibility index (Phi) is 4.98. The number of aliphatic hydroxyl groups is 2. The summed E-state index contributed by atoms with van der Waals surface area (Å²) in [6.07, 6.45) is -4.26. The van der Waals surface area contributed by atoms with Crippen molar-refractivity contribution < 1.29 is 28.2 Å². The second-order valence-electron chi connectivity index (χ2n) is 5.72. The van der Waals surface area contributed by atoms with Gasteiger partial charge in [-0.2, -0.15) is 13.2 Å². The van der Waals surface area contributed by atoms with E-state index in [0.717, 1.165) is 12.1 Å². The average Bonchev–Trinajstić information content (AvgIpc) is 2.53. The van der Waals surface area contributed by atoms with Gasteiger partial charge in [0, 0.05) is 13.1 Å². The predicted octanol–water partition coefficient (Wildman–Crippen LogP) is 0.835. The van der Waals surface area contributed by atoms with Crippen LogP contribution in [0.25, 0.3) is 0 Å². The molecular formula is C15H19F3N2O3. The lowest BCUT2D eigenvalue weighted by Crippen LogP contribution is -2.51. The van der Waals surface area contributed by atoms with Crippen LogP contribution in [-0.4, -0.2) is 46.8 Å². The molecule has 1 aliphatic rings. The van der Waals surface area contributed by atoms with Crippen molar-refractivity contribution in [3.63, 3.8) is 0 Å². The molecule has 0 bridgehead atoms. The Balaban J connectivity index is 2.12. The molecule has 0 aromatic heterocycles. The van der Waals surface area contributed by atoms with Crippen LogP contribution in [0.15, 0.2) is 24.3 Å². The molecule has 0 unspecified atom stereocenters. The fourth-order valence-electron chi connectivity index (χ4n) is 2.68. The second kappa shape index (κ2) is 6.46. The average molecular weight is 332 g/mol. The Morgan fingerprint density at radius 3 is 2.48 bits per heavy atom. The lowest BCUT2D eigenvalue weighted by Gasteiger charge is -2.39. The van der Waals surface area contributed by atoms with Crippen molar-refractivity contribution >= 4 is 5.91 Å². The van der Waals surface area contributed by atoms with E-state index in [4.69, 9.17) is 10.8 Å². The third-order valence-corrected chi connectivity index (χ3v) is 4.14. The van der Waals surface area contributed by atoms with Crippen molar-refractivity contribution in [1.82, 2.24) is 4.90 Å². The van der Waals surface area contributed by atoms with Crippen molar-refractivity contribution in [2.45, 2.75) is 30.7 Å². The highest BCUT2D eigenvalue weighted by Gasteiger charge is 2.38. The number of hydrogen-bond donors (Lipinski definition) is 3. The number of piperidine rings is 1. The fraction of sp³-hybridized carbons (Fsp3) is 0.533. The molecular weight excluding hydrogens is 313 g/mol. The maximum Gasteiger partial charge on any atom is 0.416 e. The Morgan fingerprint density at radius 2 is 1.96 bits per heavy atom. The largest absolute Gasteiger partial charge is 0.416 e. The second-order valence-corrected chi connectivity index (χ2v) is 5.72. The highest BCUT2D eigenvalue weighted by molar-refractivity contribution is 5.81. The molecule has 1 heterocycles. The highest BCUT2D eigenvalue weighted by atomic mass is 19.4. The number of amides is 1. The zero-order valence-electron chi connectivity index (χ0n) is 12.4. The van der Waals surface area contributed by atoms with Gasteiger partial charge in [0.15, 0.2) is 0 Å². The number of carbonyl (C=O) groups excluding carboxylic acids is 1. The summed E-state index contributed by atoms with van der Waals surface area (Å²) in [5.74, 6) is -0.432. The molecule has 23 heavy (non-hydrogen) atoms. The van der Waals surface area contributed by atoms with E-state index < -0.39 is 35.9 Å². The predicted molar refractivity (Wildman–Crippen MR) is 76.2 cm³/mol. The third kappa shape index (κ3) is 3.82. The Hall–Kier alpha value is -1.64. The van der Waals surface area contributed by atoms with Gasteiger partial charge in [-0.1, -0.05) is 12.1 Å². The van der Waals surface area contributed by atoms with Crippen LogP contribution in [0.3, 0.4) is 0 Å². The van der Waals surface area contributed by atoms with Gasteiger partial charge in [0.25, 0.3) is 0 Å². The van der Waals surface area contributed by atoms with Gasteiger partial charge in [-0.05, 0) is 30.5 Å². The van der Waals surface area contributed by atoms with E-state index in [1.54, 1.807) is 0 Å². The van der Waals surface area contributed by atoms with Gasteiger partial charge in [0.1, 0.15) is 6.04 Å². The van der Waals surface area contributed by atoms with Crippen LogP contribution < -0.4 is 5.73 Å². The summed E-state index contributed by atoms with van der Waals surface area (Å²) in [6.45, 7) is -0.147. The lowest BCUT2D eigenvalue weighted by atomic mass is 9.83. The number of halogens is 3. The SMILES string of the molecule is N[C@@H](CO)C(=O)N1CCC(O)(c2cccc(C(F)(F)F)c2)CC1. The zero-order valence-corrected chi connectivity index (χ0v) is 12.4. The first-order chi connectivity index (χ1) is 10.7. The molecule has 0 aliphatic carbocycles. The normalized spacial score (nSPS) is 19.5. The van der Waals surface area contributed by atoms with Crippen LogP contribution in [0, 0.1) is 0 Å². The molecule has 4 N–H and O–H groups in total. The maximum absolute atomic E-state index is 12.8. The van der Waals surface area contributed by atoms with E-state index >= 15 is 0 Å². The molecule has 0 spiro atoms. The van der Waals surface area contributed by atoms with Gasteiger partial charge in [-0.15, -0.1) is 0 Å². The number of nitrogens with zero attached hydrogens (tertiary/aromatic N) is 1. The standard InChI is InChI=1S/C15H19F3N2O3/c16-15(17,18)11-3-1-2-10(8-11)14(23)4-6-20(7-5-14)13(22)12(19)9-21/h1-3,8,12,21,23H,4-7,9,19H2/t12-/m0/s1. The van der Waals surface area contributed by atoms with Crippen molar-refractivity contribution in [2.24, 2.45) is 5.73 Å². The molecule has 128 valence electrons. The van der Waals surface area contributed by atoms with E-state index in [1.807, 2.05) is 0 Å². The Bertz CT molecular complexity index is 569. The minimum atomic E-state index is -4.48. The number of hydrogen-bond acceptors (Lipinski definition) is 4. The molecule has 2 rings (SSSR count). The van der Waals surface area contributed by atoms with Crippen molar-refractivity contribution in [3.05, 3.63) is 35.4 Å². The minimum absolute atomic E-state index is 0.109. The van der Waals surface area contributed by atoms with Crippen LogP contribution in [0.5, 0.6) is 0 Å². The summed E-state index contributed by atoms with van der Waals surface area (Å²) in [4.78, 5) is 13.3. The van der Waals surface area contributed by atoms with Crippen LogP contribution in [0.4, 0.5) is 13.2 Å². The topological polar surface area (TPSA) is 86.8 Å². The molecule has 1 aliphatic heterocycles. The van der Waals surface area contributed by atoms with Gasteiger partial charge in [0.05, 0.1) is 17.8 Å². The number of carbonyl (C=O) groups is 1. The molecule has 1 saturated heterocycles. The number of alkyl halides is 3. The molecule has 1 aromatic carbocycles.